The molecular formula is C24H28N2O6. The Hall–Kier alpha value is -2.71. The highest BCUT2D eigenvalue weighted by Gasteiger charge is 2.42. The molecule has 1 atom stereocenters. The van der Waals surface area contributed by atoms with E-state index in [1.165, 1.54) is 6.08 Å². The number of piperidine rings is 2. The molecule has 2 saturated heterocycles. The third-order valence-corrected chi connectivity index (χ3v) is 7.60. The number of β-amino-alcohol motifs (C(OH)–C–C–N with tert-alkyl or cyclic N) is 1. The Bertz CT molecular complexity index is 1010. The molecule has 0 saturated carbocycles. The van der Waals surface area contributed by atoms with Crippen LogP contribution in [0.25, 0.3) is 0 Å². The number of amides is 1. The highest BCUT2D eigenvalue weighted by Crippen LogP contribution is 2.43. The van der Waals surface area contributed by atoms with Crippen LogP contribution in [0.1, 0.15) is 58.8 Å². The molecule has 4 aliphatic rings. The van der Waals surface area contributed by atoms with Crippen LogP contribution in [-0.2, 0) is 25.7 Å². The number of carbonyl (C=O) groups excluding carboxylic acids is 3. The van der Waals surface area contributed by atoms with Gasteiger partial charge in [0.05, 0.1) is 17.4 Å². The van der Waals surface area contributed by atoms with Crippen molar-refractivity contribution >= 4 is 17.8 Å². The van der Waals surface area contributed by atoms with Crippen LogP contribution >= 0.6 is 0 Å². The van der Waals surface area contributed by atoms with E-state index in [1.54, 1.807) is 11.0 Å². The number of aliphatic hydroxyl groups is 1. The van der Waals surface area contributed by atoms with Crippen LogP contribution in [0.15, 0.2) is 23.9 Å². The first kappa shape index (κ1) is 21.2. The monoisotopic (exact) mass is 440 g/mol. The van der Waals surface area contributed by atoms with Crippen molar-refractivity contribution in [1.29, 1.82) is 0 Å². The zero-order valence-electron chi connectivity index (χ0n) is 18.3. The Kier molecular flexibility index (Phi) is 5.29. The number of rotatable bonds is 4. The average molecular weight is 440 g/mol. The summed E-state index contributed by atoms with van der Waals surface area (Å²) < 4.78 is 10.1. The molecular weight excluding hydrogens is 412 g/mol. The average Bonchev–Trinajstić information content (AvgIpc) is 3.36. The van der Waals surface area contributed by atoms with Gasteiger partial charge in [0.15, 0.2) is 0 Å². The van der Waals surface area contributed by atoms with E-state index in [9.17, 15) is 19.5 Å². The third-order valence-electron chi connectivity index (χ3n) is 7.60. The number of benzene rings is 1. The van der Waals surface area contributed by atoms with Gasteiger partial charge in [-0.3, -0.25) is 4.79 Å². The predicted octanol–water partition coefficient (Wildman–Crippen LogP) is 1.84. The molecule has 1 N–H and O–H groups in total. The zero-order chi connectivity index (χ0) is 22.5. The van der Waals surface area contributed by atoms with Crippen LogP contribution in [0.3, 0.4) is 0 Å². The normalized spacial score (nSPS) is 23.8. The Labute approximate surface area is 186 Å². The number of aliphatic hydroxyl groups excluding tert-OH is 1. The summed E-state index contributed by atoms with van der Waals surface area (Å²) in [5.74, 6) is -0.605. The summed E-state index contributed by atoms with van der Waals surface area (Å²) in [4.78, 5) is 39.8. The first-order valence-electron chi connectivity index (χ1n) is 11.2. The molecule has 4 aliphatic heterocycles. The number of carbonyl (C=O) groups is 3. The summed E-state index contributed by atoms with van der Waals surface area (Å²) in [6, 6.07) is 3.58. The summed E-state index contributed by atoms with van der Waals surface area (Å²) >= 11 is 0. The fourth-order valence-corrected chi connectivity index (χ4v) is 5.51. The van der Waals surface area contributed by atoms with Crippen molar-refractivity contribution < 1.29 is 29.0 Å². The SMILES string of the molecule is Cc1c([C@H](O)CN2CCC3(CC2)CCN(C2=CC(=O)OC2)C(=O)C3)ccc2c1COC2=O. The molecule has 4 heterocycles. The van der Waals surface area contributed by atoms with Gasteiger partial charge in [-0.25, -0.2) is 9.59 Å². The number of nitrogens with zero attached hydrogens (tertiary/aromatic N) is 2. The quantitative estimate of drug-likeness (QED) is 0.714. The van der Waals surface area contributed by atoms with E-state index in [4.69, 9.17) is 9.47 Å². The lowest BCUT2D eigenvalue weighted by molar-refractivity contribution is -0.139. The second-order valence-electron chi connectivity index (χ2n) is 9.41. The molecule has 1 amide bonds. The van der Waals surface area contributed by atoms with Crippen LogP contribution in [0.4, 0.5) is 0 Å². The molecule has 0 bridgehead atoms. The van der Waals surface area contributed by atoms with Gasteiger partial charge in [-0.1, -0.05) is 6.07 Å². The van der Waals surface area contributed by atoms with Crippen molar-refractivity contribution in [2.75, 3.05) is 32.8 Å². The van der Waals surface area contributed by atoms with Gasteiger partial charge in [0.2, 0.25) is 5.91 Å². The molecule has 32 heavy (non-hydrogen) atoms. The van der Waals surface area contributed by atoms with E-state index in [-0.39, 0.29) is 36.5 Å². The topological polar surface area (TPSA) is 96.4 Å². The highest BCUT2D eigenvalue weighted by molar-refractivity contribution is 5.94. The largest absolute Gasteiger partial charge is 0.457 e. The van der Waals surface area contributed by atoms with E-state index in [0.717, 1.165) is 49.0 Å². The molecule has 170 valence electrons. The number of ether oxygens (including phenoxy) is 2. The first-order valence-corrected chi connectivity index (χ1v) is 11.2. The summed E-state index contributed by atoms with van der Waals surface area (Å²) in [6.07, 6.45) is 4.02. The summed E-state index contributed by atoms with van der Waals surface area (Å²) in [6.45, 7) is 5.21. The molecule has 0 unspecified atom stereocenters. The minimum Gasteiger partial charge on any atom is -0.457 e. The summed E-state index contributed by atoms with van der Waals surface area (Å²) in [5, 5.41) is 10.9. The number of cyclic esters (lactones) is 2. The number of hydrogen-bond acceptors (Lipinski definition) is 7. The van der Waals surface area contributed by atoms with Gasteiger partial charge < -0.3 is 24.4 Å². The standard InChI is InChI=1S/C24H28N2O6/c1-15-17(2-3-18-19(15)14-32-23(18)30)20(27)12-25-7-4-24(5-8-25)6-9-26(21(28)11-24)16-10-22(29)31-13-16/h2-3,10,20,27H,4-9,11-14H2,1H3/t20-/m1/s1. The minimum absolute atomic E-state index is 0.000251. The van der Waals surface area contributed by atoms with Gasteiger partial charge >= 0.3 is 11.9 Å². The molecule has 8 nitrogen and oxygen atoms in total. The number of esters is 2. The maximum absolute atomic E-state index is 12.8. The van der Waals surface area contributed by atoms with E-state index >= 15 is 0 Å². The van der Waals surface area contributed by atoms with Crippen LogP contribution in [0.2, 0.25) is 0 Å². The highest BCUT2D eigenvalue weighted by atomic mass is 16.5. The fourth-order valence-electron chi connectivity index (χ4n) is 5.51. The van der Waals surface area contributed by atoms with E-state index in [2.05, 4.69) is 4.90 Å². The van der Waals surface area contributed by atoms with Crippen LogP contribution < -0.4 is 0 Å². The van der Waals surface area contributed by atoms with Crippen molar-refractivity contribution in [2.45, 2.75) is 45.3 Å². The summed E-state index contributed by atoms with van der Waals surface area (Å²) in [5.41, 5.74) is 3.91. The Morgan fingerprint density at radius 2 is 1.81 bits per heavy atom. The maximum atomic E-state index is 12.8. The van der Waals surface area contributed by atoms with E-state index in [0.29, 0.717) is 30.8 Å². The number of fused-ring (bicyclic) bond motifs is 1. The Morgan fingerprint density at radius 1 is 1.06 bits per heavy atom. The van der Waals surface area contributed by atoms with Gasteiger partial charge in [0.1, 0.15) is 13.2 Å². The second kappa shape index (κ2) is 8.01. The molecule has 1 spiro atoms. The van der Waals surface area contributed by atoms with Crippen LogP contribution in [0.5, 0.6) is 0 Å². The van der Waals surface area contributed by atoms with Crippen molar-refractivity contribution in [1.82, 2.24) is 9.80 Å². The van der Waals surface area contributed by atoms with Gasteiger partial charge in [-0.2, -0.15) is 0 Å². The number of likely N-dealkylation sites (tertiary alicyclic amines) is 2. The fraction of sp³-hybridized carbons (Fsp3) is 0.542. The van der Waals surface area contributed by atoms with Gasteiger partial charge in [-0.05, 0) is 61.9 Å². The lowest BCUT2D eigenvalue weighted by atomic mass is 9.71. The van der Waals surface area contributed by atoms with E-state index in [1.807, 2.05) is 13.0 Å². The van der Waals surface area contributed by atoms with E-state index < -0.39 is 6.10 Å². The van der Waals surface area contributed by atoms with Gasteiger partial charge in [-0.15, -0.1) is 0 Å². The molecule has 1 aromatic carbocycles. The number of hydrogen-bond donors (Lipinski definition) is 1. The van der Waals surface area contributed by atoms with Crippen LogP contribution in [-0.4, -0.2) is 65.5 Å². The van der Waals surface area contributed by atoms with Crippen LogP contribution in [0, 0.1) is 12.3 Å². The summed E-state index contributed by atoms with van der Waals surface area (Å²) in [7, 11) is 0. The molecule has 0 aliphatic carbocycles. The van der Waals surface area contributed by atoms with Crippen molar-refractivity contribution in [3.63, 3.8) is 0 Å². The second-order valence-corrected chi connectivity index (χ2v) is 9.41. The molecule has 8 heteroatoms. The maximum Gasteiger partial charge on any atom is 0.338 e. The molecule has 0 aromatic heterocycles. The van der Waals surface area contributed by atoms with Crippen molar-refractivity contribution in [3.05, 3.63) is 46.2 Å². The third kappa shape index (κ3) is 3.71. The predicted molar refractivity (Wildman–Crippen MR) is 113 cm³/mol. The Balaban J connectivity index is 1.18. The lowest BCUT2D eigenvalue weighted by Crippen LogP contribution is -2.49. The van der Waals surface area contributed by atoms with Crippen molar-refractivity contribution in [2.24, 2.45) is 5.41 Å². The minimum atomic E-state index is -0.639. The molecule has 1 aromatic rings. The van der Waals surface area contributed by atoms with Gasteiger partial charge in [0.25, 0.3) is 0 Å². The Morgan fingerprint density at radius 3 is 2.50 bits per heavy atom. The first-order chi connectivity index (χ1) is 15.3. The molecule has 5 rings (SSSR count). The molecule has 2 fully saturated rings. The lowest BCUT2D eigenvalue weighted by Gasteiger charge is -2.46. The smallest absolute Gasteiger partial charge is 0.338 e. The van der Waals surface area contributed by atoms with Gasteiger partial charge in [0, 0.05) is 31.1 Å². The van der Waals surface area contributed by atoms with Crippen molar-refractivity contribution in [3.8, 4) is 0 Å². The molecule has 0 radical (unpaired) electrons. The zero-order valence-corrected chi connectivity index (χ0v) is 18.3.